The van der Waals surface area contributed by atoms with E-state index in [4.69, 9.17) is 5.84 Å². The molecule has 0 aliphatic rings. The summed E-state index contributed by atoms with van der Waals surface area (Å²) >= 11 is 3.44. The number of nitrogens with two attached hydrogens (primary N) is 1. The van der Waals surface area contributed by atoms with E-state index in [-0.39, 0.29) is 0 Å². The Labute approximate surface area is 114 Å². The molecule has 1 aromatic carbocycles. The molecule has 0 spiro atoms. The highest BCUT2D eigenvalue weighted by molar-refractivity contribution is 9.10. The van der Waals surface area contributed by atoms with E-state index in [1.807, 2.05) is 24.1 Å². The Morgan fingerprint density at radius 2 is 2.17 bits per heavy atom. The fourth-order valence-electron chi connectivity index (χ4n) is 1.62. The average molecular weight is 308 g/mol. The van der Waals surface area contributed by atoms with E-state index in [9.17, 15) is 0 Å². The van der Waals surface area contributed by atoms with Gasteiger partial charge in [-0.1, -0.05) is 12.1 Å². The van der Waals surface area contributed by atoms with Gasteiger partial charge in [0, 0.05) is 18.9 Å². The zero-order chi connectivity index (χ0) is 13.1. The largest absolute Gasteiger partial charge is 0.328 e. The summed E-state index contributed by atoms with van der Waals surface area (Å²) < 4.78 is 0.811. The number of anilines is 3. The fourth-order valence-corrected chi connectivity index (χ4v) is 2.08. The van der Waals surface area contributed by atoms with Gasteiger partial charge in [0.05, 0.1) is 4.47 Å². The molecule has 0 saturated heterocycles. The van der Waals surface area contributed by atoms with Crippen LogP contribution >= 0.6 is 15.9 Å². The summed E-state index contributed by atoms with van der Waals surface area (Å²) in [7, 11) is 1.95. The van der Waals surface area contributed by atoms with Crippen molar-refractivity contribution in [2.45, 2.75) is 6.92 Å². The molecule has 0 aliphatic carbocycles. The average Bonchev–Trinajstić information content (AvgIpc) is 2.38. The molecule has 0 aliphatic heterocycles. The lowest BCUT2D eigenvalue weighted by molar-refractivity contribution is 1.05. The van der Waals surface area contributed by atoms with Crippen LogP contribution in [0.2, 0.25) is 0 Å². The van der Waals surface area contributed by atoms with Gasteiger partial charge >= 0.3 is 0 Å². The summed E-state index contributed by atoms with van der Waals surface area (Å²) in [6, 6.07) is 8.18. The van der Waals surface area contributed by atoms with E-state index < -0.39 is 0 Å². The molecule has 0 bridgehead atoms. The molecule has 0 fully saturated rings. The molecule has 0 saturated carbocycles. The van der Waals surface area contributed by atoms with Crippen LogP contribution in [0.3, 0.4) is 0 Å². The molecule has 94 valence electrons. The summed E-state index contributed by atoms with van der Waals surface area (Å²) in [5.41, 5.74) is 4.69. The number of nitrogen functional groups attached to an aromatic ring is 1. The number of nitrogens with zero attached hydrogens (tertiary/aromatic N) is 3. The minimum atomic E-state index is 0.382. The van der Waals surface area contributed by atoms with Crippen LogP contribution in [0.1, 0.15) is 5.56 Å². The van der Waals surface area contributed by atoms with Crippen LogP contribution in [0, 0.1) is 6.92 Å². The van der Waals surface area contributed by atoms with Gasteiger partial charge in [-0.25, -0.2) is 10.8 Å². The first kappa shape index (κ1) is 12.8. The van der Waals surface area contributed by atoms with Crippen molar-refractivity contribution < 1.29 is 0 Å². The molecule has 3 N–H and O–H groups in total. The SMILES string of the molecule is Cc1cccc(N(C)c2nc(NN)ncc2Br)c1. The number of hydrogen-bond acceptors (Lipinski definition) is 5. The van der Waals surface area contributed by atoms with Gasteiger partial charge in [0.25, 0.3) is 0 Å². The molecule has 2 aromatic rings. The number of hydrogen-bond donors (Lipinski definition) is 2. The van der Waals surface area contributed by atoms with Crippen LogP contribution in [0.15, 0.2) is 34.9 Å². The molecule has 0 unspecified atom stereocenters. The first-order valence-corrected chi connectivity index (χ1v) is 6.20. The molecule has 2 rings (SSSR count). The Kier molecular flexibility index (Phi) is 3.78. The van der Waals surface area contributed by atoms with Crippen LogP contribution in [-0.2, 0) is 0 Å². The highest BCUT2D eigenvalue weighted by Gasteiger charge is 2.11. The topological polar surface area (TPSA) is 67.1 Å². The number of rotatable bonds is 3. The van der Waals surface area contributed by atoms with E-state index in [1.165, 1.54) is 5.56 Å². The number of nitrogens with one attached hydrogen (secondary N) is 1. The van der Waals surface area contributed by atoms with Crippen LogP contribution in [0.4, 0.5) is 17.5 Å². The molecule has 6 heteroatoms. The lowest BCUT2D eigenvalue weighted by atomic mass is 10.2. The molecular formula is C12H14BrN5. The predicted molar refractivity (Wildman–Crippen MR) is 76.8 cm³/mol. The van der Waals surface area contributed by atoms with Gasteiger partial charge < -0.3 is 4.90 Å². The van der Waals surface area contributed by atoms with Crippen LogP contribution in [0.5, 0.6) is 0 Å². The fraction of sp³-hybridized carbons (Fsp3) is 0.167. The van der Waals surface area contributed by atoms with Gasteiger partial charge in [0.15, 0.2) is 5.82 Å². The van der Waals surface area contributed by atoms with Gasteiger partial charge in [-0.2, -0.15) is 4.98 Å². The Hall–Kier alpha value is -1.66. The second kappa shape index (κ2) is 5.32. The highest BCUT2D eigenvalue weighted by atomic mass is 79.9. The van der Waals surface area contributed by atoms with Crippen molar-refractivity contribution in [3.8, 4) is 0 Å². The molecular weight excluding hydrogens is 294 g/mol. The van der Waals surface area contributed by atoms with Crippen LogP contribution in [-0.4, -0.2) is 17.0 Å². The molecule has 1 aromatic heterocycles. The summed E-state index contributed by atoms with van der Waals surface area (Å²) in [6.07, 6.45) is 1.67. The van der Waals surface area contributed by atoms with Crippen molar-refractivity contribution in [1.29, 1.82) is 0 Å². The van der Waals surface area contributed by atoms with Crippen LogP contribution < -0.4 is 16.2 Å². The van der Waals surface area contributed by atoms with E-state index in [2.05, 4.69) is 50.4 Å². The molecule has 0 atom stereocenters. The Morgan fingerprint density at radius 1 is 1.39 bits per heavy atom. The zero-order valence-electron chi connectivity index (χ0n) is 10.2. The standard InChI is InChI=1S/C12H14BrN5/c1-8-4-3-5-9(6-8)18(2)11-10(13)7-15-12(16-11)17-14/h3-7H,14H2,1-2H3,(H,15,16,17). The maximum absolute atomic E-state index is 5.32. The van der Waals surface area contributed by atoms with Gasteiger partial charge in [0.2, 0.25) is 5.95 Å². The number of hydrazine groups is 1. The number of benzene rings is 1. The van der Waals surface area contributed by atoms with Crippen molar-refractivity contribution in [1.82, 2.24) is 9.97 Å². The minimum absolute atomic E-state index is 0.382. The summed E-state index contributed by atoms with van der Waals surface area (Å²) in [5, 5.41) is 0. The molecule has 0 amide bonds. The Morgan fingerprint density at radius 3 is 2.83 bits per heavy atom. The van der Waals surface area contributed by atoms with E-state index in [1.54, 1.807) is 6.20 Å². The second-order valence-corrected chi connectivity index (χ2v) is 4.76. The Bertz CT molecular complexity index is 558. The van der Waals surface area contributed by atoms with Gasteiger partial charge in [-0.05, 0) is 40.5 Å². The molecule has 5 nitrogen and oxygen atoms in total. The van der Waals surface area contributed by atoms with Crippen molar-refractivity contribution in [2.24, 2.45) is 5.84 Å². The third kappa shape index (κ3) is 2.60. The first-order chi connectivity index (χ1) is 8.61. The van der Waals surface area contributed by atoms with Crippen molar-refractivity contribution >= 4 is 33.4 Å². The normalized spacial score (nSPS) is 10.2. The summed E-state index contributed by atoms with van der Waals surface area (Å²) in [6.45, 7) is 2.05. The van der Waals surface area contributed by atoms with Gasteiger partial charge in [0.1, 0.15) is 0 Å². The smallest absolute Gasteiger partial charge is 0.239 e. The molecule has 0 radical (unpaired) electrons. The zero-order valence-corrected chi connectivity index (χ0v) is 11.8. The predicted octanol–water partition coefficient (Wildman–Crippen LogP) is 2.60. The molecule has 18 heavy (non-hydrogen) atoms. The quantitative estimate of drug-likeness (QED) is 0.674. The highest BCUT2D eigenvalue weighted by Crippen LogP contribution is 2.29. The van der Waals surface area contributed by atoms with E-state index >= 15 is 0 Å². The monoisotopic (exact) mass is 307 g/mol. The van der Waals surface area contributed by atoms with Gasteiger partial charge in [-0.3, -0.25) is 5.43 Å². The van der Waals surface area contributed by atoms with Crippen molar-refractivity contribution in [2.75, 3.05) is 17.4 Å². The maximum atomic E-state index is 5.32. The van der Waals surface area contributed by atoms with Crippen molar-refractivity contribution in [3.63, 3.8) is 0 Å². The minimum Gasteiger partial charge on any atom is -0.328 e. The molecule has 1 heterocycles. The number of aromatic nitrogens is 2. The van der Waals surface area contributed by atoms with Crippen LogP contribution in [0.25, 0.3) is 0 Å². The Balaban J connectivity index is 2.41. The lowest BCUT2D eigenvalue weighted by Crippen LogP contribution is -2.16. The van der Waals surface area contributed by atoms with Gasteiger partial charge in [-0.15, -0.1) is 0 Å². The third-order valence-electron chi connectivity index (χ3n) is 2.56. The maximum Gasteiger partial charge on any atom is 0.239 e. The number of halogens is 1. The second-order valence-electron chi connectivity index (χ2n) is 3.91. The lowest BCUT2D eigenvalue weighted by Gasteiger charge is -2.20. The summed E-state index contributed by atoms with van der Waals surface area (Å²) in [5.74, 6) is 6.46. The summed E-state index contributed by atoms with van der Waals surface area (Å²) in [4.78, 5) is 10.3. The first-order valence-electron chi connectivity index (χ1n) is 5.41. The number of aryl methyl sites for hydroxylation is 1. The third-order valence-corrected chi connectivity index (χ3v) is 3.12. The van der Waals surface area contributed by atoms with Crippen molar-refractivity contribution in [3.05, 3.63) is 40.5 Å². The van der Waals surface area contributed by atoms with E-state index in [0.717, 1.165) is 16.0 Å². The van der Waals surface area contributed by atoms with E-state index in [0.29, 0.717) is 5.95 Å².